The fourth-order valence-corrected chi connectivity index (χ4v) is 3.51. The predicted molar refractivity (Wildman–Crippen MR) is 69.4 cm³/mol. The molecule has 9 nitrogen and oxygen atoms in total. The van der Waals surface area contributed by atoms with E-state index in [1.165, 1.54) is 33.7 Å². The lowest BCUT2D eigenvalue weighted by molar-refractivity contribution is -0.771. The van der Waals surface area contributed by atoms with Crippen molar-refractivity contribution >= 4 is 10.2 Å². The molecule has 0 spiro atoms. The third kappa shape index (κ3) is 2.58. The van der Waals surface area contributed by atoms with Gasteiger partial charge in [0.15, 0.2) is 0 Å². The summed E-state index contributed by atoms with van der Waals surface area (Å²) < 4.78 is 31.8. The summed E-state index contributed by atoms with van der Waals surface area (Å²) in [6, 6.07) is 0. The molecule has 20 heavy (non-hydrogen) atoms. The Morgan fingerprint density at radius 2 is 2.10 bits per heavy atom. The highest BCUT2D eigenvalue weighted by molar-refractivity contribution is 7.86. The van der Waals surface area contributed by atoms with Gasteiger partial charge in [0, 0.05) is 39.3 Å². The van der Waals surface area contributed by atoms with Crippen LogP contribution in [0.5, 0.6) is 0 Å². The van der Waals surface area contributed by atoms with E-state index >= 15 is 0 Å². The van der Waals surface area contributed by atoms with E-state index in [1.54, 1.807) is 0 Å². The van der Waals surface area contributed by atoms with E-state index in [1.807, 2.05) is 18.9 Å². The van der Waals surface area contributed by atoms with E-state index in [0.717, 1.165) is 0 Å². The smallest absolute Gasteiger partial charge is 0.286 e. The third-order valence-electron chi connectivity index (χ3n) is 3.31. The van der Waals surface area contributed by atoms with Gasteiger partial charge in [0.25, 0.3) is 22.0 Å². The molecule has 1 aliphatic rings. The van der Waals surface area contributed by atoms with Crippen LogP contribution in [0.15, 0.2) is 10.7 Å². The Morgan fingerprint density at radius 1 is 1.45 bits per heavy atom. The molecular formula is C10H20N6O3S. The first kappa shape index (κ1) is 15.0. The summed E-state index contributed by atoms with van der Waals surface area (Å²) >= 11 is 0. The summed E-state index contributed by atoms with van der Waals surface area (Å²) in [6.45, 7) is 5.01. The molecule has 0 aliphatic carbocycles. The van der Waals surface area contributed by atoms with Crippen molar-refractivity contribution in [3.8, 4) is 0 Å². The number of nitrogens with one attached hydrogen (secondary N) is 1. The Balaban J connectivity index is 2.24. The number of aromatic nitrogens is 2. The highest BCUT2D eigenvalue weighted by atomic mass is 32.2. The first-order valence-electron chi connectivity index (χ1n) is 6.20. The van der Waals surface area contributed by atoms with Gasteiger partial charge in [-0.2, -0.15) is 17.0 Å². The van der Waals surface area contributed by atoms with Crippen LogP contribution in [0.3, 0.4) is 0 Å². The van der Waals surface area contributed by atoms with Gasteiger partial charge < -0.3 is 4.52 Å². The molecule has 10 heteroatoms. The normalized spacial score (nSPS) is 20.6. The van der Waals surface area contributed by atoms with Crippen LogP contribution in [-0.4, -0.2) is 56.3 Å². The summed E-state index contributed by atoms with van der Waals surface area (Å²) in [5.41, 5.74) is -0.501. The van der Waals surface area contributed by atoms with Gasteiger partial charge in [0.1, 0.15) is 0 Å². The summed E-state index contributed by atoms with van der Waals surface area (Å²) in [4.78, 5) is 1.46. The summed E-state index contributed by atoms with van der Waals surface area (Å²) in [7, 11) is -0.379. The predicted octanol–water partition coefficient (Wildman–Crippen LogP) is -2.16. The van der Waals surface area contributed by atoms with Crippen molar-refractivity contribution in [1.29, 1.82) is 5.41 Å². The Hall–Kier alpha value is -1.39. The van der Waals surface area contributed by atoms with Gasteiger partial charge in [-0.05, 0) is 5.27 Å². The molecule has 1 N–H and O–H groups in total. The van der Waals surface area contributed by atoms with Crippen molar-refractivity contribution < 1.29 is 17.7 Å². The minimum atomic E-state index is -3.42. The van der Waals surface area contributed by atoms with Crippen LogP contribution >= 0.6 is 0 Å². The van der Waals surface area contributed by atoms with Crippen LogP contribution in [0.25, 0.3) is 0 Å². The van der Waals surface area contributed by atoms with Crippen LogP contribution in [0, 0.1) is 5.41 Å². The average Bonchev–Trinajstić information content (AvgIpc) is 2.73. The Kier molecular flexibility index (Phi) is 3.65. The molecule has 0 saturated carbocycles. The second-order valence-corrected chi connectivity index (χ2v) is 7.69. The molecule has 0 unspecified atom stereocenters. The third-order valence-corrected chi connectivity index (χ3v) is 5.20. The zero-order valence-corrected chi connectivity index (χ0v) is 12.9. The number of nitrogens with zero attached hydrogens (tertiary/aromatic N) is 5. The fraction of sp³-hybridized carbons (Fsp3) is 0.800. The molecule has 2 heterocycles. The molecule has 0 amide bonds. The standard InChI is InChI=1S/C10H20N6O3S/c1-10(2)8-14(20(17,18)13(3)4)5-6-15(10)16-7-9(11)19-12-16/h7,11H,5-6,8H2,1-4H3. The van der Waals surface area contributed by atoms with Gasteiger partial charge >= 0.3 is 0 Å². The van der Waals surface area contributed by atoms with Crippen LogP contribution < -0.4 is 20.6 Å². The van der Waals surface area contributed by atoms with E-state index in [9.17, 15) is 8.42 Å². The number of hydrogen-bond donors (Lipinski definition) is 1. The molecule has 1 aromatic rings. The van der Waals surface area contributed by atoms with Crippen molar-refractivity contribution in [2.24, 2.45) is 0 Å². The molecule has 1 fully saturated rings. The molecule has 1 aromatic heterocycles. The molecule has 1 saturated heterocycles. The van der Waals surface area contributed by atoms with E-state index < -0.39 is 15.7 Å². The second kappa shape index (κ2) is 4.86. The maximum absolute atomic E-state index is 12.2. The largest absolute Gasteiger partial charge is 0.380 e. The monoisotopic (exact) mass is 304 g/mol. The van der Waals surface area contributed by atoms with E-state index in [-0.39, 0.29) is 5.55 Å². The van der Waals surface area contributed by atoms with Gasteiger partial charge in [-0.15, -0.1) is 0 Å². The second-order valence-electron chi connectivity index (χ2n) is 5.55. The molecule has 1 aliphatic heterocycles. The SMILES string of the molecule is CN(C)S(=O)(=O)N1CCN([n+]2cc(=N)o[n-]2)C(C)(C)C1. The first-order chi connectivity index (χ1) is 9.14. The minimum Gasteiger partial charge on any atom is -0.380 e. The molecule has 0 aromatic carbocycles. The van der Waals surface area contributed by atoms with Gasteiger partial charge in [-0.3, -0.25) is 10.4 Å². The van der Waals surface area contributed by atoms with Crippen LogP contribution in [0.2, 0.25) is 0 Å². The fourth-order valence-electron chi connectivity index (χ4n) is 2.26. The summed E-state index contributed by atoms with van der Waals surface area (Å²) in [5.74, 6) is 0. The summed E-state index contributed by atoms with van der Waals surface area (Å²) in [6.07, 6.45) is 1.46. The van der Waals surface area contributed by atoms with Crippen molar-refractivity contribution in [2.45, 2.75) is 19.4 Å². The Labute approximate surface area is 118 Å². The highest BCUT2D eigenvalue weighted by Gasteiger charge is 2.39. The lowest BCUT2D eigenvalue weighted by Gasteiger charge is -2.47. The molecular weight excluding hydrogens is 284 g/mol. The van der Waals surface area contributed by atoms with E-state index in [0.29, 0.717) is 19.6 Å². The van der Waals surface area contributed by atoms with Gasteiger partial charge in [-0.25, -0.2) is 0 Å². The molecule has 114 valence electrons. The maximum Gasteiger partial charge on any atom is 0.286 e. The summed E-state index contributed by atoms with van der Waals surface area (Å²) in [5, 5.41) is 13.0. The zero-order chi connectivity index (χ0) is 15.1. The minimum absolute atomic E-state index is 0.0378. The van der Waals surface area contributed by atoms with Gasteiger partial charge in [0.2, 0.25) is 0 Å². The van der Waals surface area contributed by atoms with Gasteiger partial charge in [0.05, 0.1) is 0 Å². The molecule has 0 radical (unpaired) electrons. The lowest BCUT2D eigenvalue weighted by atomic mass is 10.0. The molecule has 0 atom stereocenters. The topological polar surface area (TPSA) is 98.8 Å². The average molecular weight is 304 g/mol. The van der Waals surface area contributed by atoms with E-state index in [2.05, 4.69) is 5.27 Å². The Bertz CT molecular complexity index is 631. The quantitative estimate of drug-likeness (QED) is 0.642. The van der Waals surface area contributed by atoms with E-state index in [4.69, 9.17) is 9.93 Å². The van der Waals surface area contributed by atoms with Crippen molar-refractivity contribution in [2.75, 3.05) is 38.7 Å². The van der Waals surface area contributed by atoms with Crippen LogP contribution in [0.4, 0.5) is 0 Å². The number of rotatable bonds is 3. The van der Waals surface area contributed by atoms with Crippen LogP contribution in [-0.2, 0) is 10.2 Å². The lowest BCUT2D eigenvalue weighted by Crippen LogP contribution is -2.75. The molecule has 2 rings (SSSR count). The maximum atomic E-state index is 12.2. The van der Waals surface area contributed by atoms with Crippen molar-refractivity contribution in [1.82, 2.24) is 13.9 Å². The molecule has 0 bridgehead atoms. The number of piperazine rings is 1. The van der Waals surface area contributed by atoms with Crippen molar-refractivity contribution in [3.05, 3.63) is 11.8 Å². The zero-order valence-electron chi connectivity index (χ0n) is 12.1. The number of hydrogen-bond acceptors (Lipinski definition) is 5. The van der Waals surface area contributed by atoms with Gasteiger partial charge in [-0.1, -0.05) is 18.6 Å². The highest BCUT2D eigenvalue weighted by Crippen LogP contribution is 2.19. The Morgan fingerprint density at radius 3 is 2.55 bits per heavy atom. The van der Waals surface area contributed by atoms with Crippen LogP contribution in [0.1, 0.15) is 13.8 Å². The first-order valence-corrected chi connectivity index (χ1v) is 7.60. The van der Waals surface area contributed by atoms with Crippen molar-refractivity contribution in [3.63, 3.8) is 0 Å².